The number of rotatable bonds is 38. The summed E-state index contributed by atoms with van der Waals surface area (Å²) in [6, 6.07) is -1.58. The van der Waals surface area contributed by atoms with Crippen LogP contribution < -0.4 is 5.73 Å². The lowest BCUT2D eigenvalue weighted by Crippen LogP contribution is -2.34. The summed E-state index contributed by atoms with van der Waals surface area (Å²) in [6.07, 6.45) is 47.7. The number of nitrogens with two attached hydrogens (primary N) is 1. The molecule has 0 aliphatic carbocycles. The van der Waals surface area contributed by atoms with Crippen LogP contribution in [0.3, 0.4) is 0 Å². The molecule has 0 spiro atoms. The average Bonchev–Trinajstić information content (AvgIpc) is 3.24. The first-order valence-electron chi connectivity index (χ1n) is 21.8. The molecular weight excluding hydrogens is 813 g/mol. The lowest BCUT2D eigenvalue weighted by atomic mass is 10.1. The number of esters is 2. The van der Waals surface area contributed by atoms with E-state index >= 15 is 0 Å². The van der Waals surface area contributed by atoms with Gasteiger partial charge in [-0.2, -0.15) is 0 Å². The van der Waals surface area contributed by atoms with E-state index in [4.69, 9.17) is 24.8 Å². The van der Waals surface area contributed by atoms with Crippen molar-refractivity contribution in [2.45, 2.75) is 141 Å². The van der Waals surface area contributed by atoms with Gasteiger partial charge in [-0.3, -0.25) is 23.4 Å². The molecule has 0 heterocycles. The molecule has 5 atom stereocenters. The summed E-state index contributed by atoms with van der Waals surface area (Å²) in [5.41, 5.74) is 5.31. The van der Waals surface area contributed by atoms with Crippen LogP contribution in [0.25, 0.3) is 0 Å². The molecule has 0 aromatic heterocycles. The van der Waals surface area contributed by atoms with Gasteiger partial charge < -0.3 is 35.4 Å². The highest BCUT2D eigenvalue weighted by molar-refractivity contribution is 7.47. The Morgan fingerprint density at radius 2 is 1.15 bits per heavy atom. The number of hydrogen-bond donors (Lipinski definition) is 5. The van der Waals surface area contributed by atoms with Crippen molar-refractivity contribution in [3.05, 3.63) is 122 Å². The molecule has 0 radical (unpaired) electrons. The van der Waals surface area contributed by atoms with Crippen LogP contribution in [-0.2, 0) is 37.5 Å². The Kier molecular flexibility index (Phi) is 38.1. The molecule has 0 bridgehead atoms. The molecule has 6 N–H and O–H groups in total. The zero-order valence-electron chi connectivity index (χ0n) is 36.9. The van der Waals surface area contributed by atoms with E-state index in [2.05, 4.69) is 79.1 Å². The first-order chi connectivity index (χ1) is 29.9. The summed E-state index contributed by atoms with van der Waals surface area (Å²) in [6.45, 7) is 2.27. The fraction of sp³-hybridized carbons (Fsp3) is 0.521. The van der Waals surface area contributed by atoms with E-state index in [-0.39, 0.29) is 25.7 Å². The lowest BCUT2D eigenvalue weighted by molar-refractivity contribution is -0.161. The number of aliphatic hydroxyl groups is 2. The fourth-order valence-corrected chi connectivity index (χ4v) is 5.71. The number of aliphatic hydroxyl groups excluding tert-OH is 2. The maximum Gasteiger partial charge on any atom is 0.472 e. The van der Waals surface area contributed by atoms with Crippen molar-refractivity contribution in [3.63, 3.8) is 0 Å². The average molecular weight is 888 g/mol. The topological polar surface area (TPSA) is 212 Å². The van der Waals surface area contributed by atoms with E-state index in [1.54, 1.807) is 36.5 Å². The van der Waals surface area contributed by atoms with Gasteiger partial charge in [0.25, 0.3) is 0 Å². The third kappa shape index (κ3) is 39.9. The fourth-order valence-electron chi connectivity index (χ4n) is 4.93. The van der Waals surface area contributed by atoms with Crippen LogP contribution in [0.4, 0.5) is 0 Å². The number of unbranched alkanes of at least 4 members (excludes halogenated alkanes) is 3. The number of aliphatic carboxylic acids is 1. The summed E-state index contributed by atoms with van der Waals surface area (Å²) < 4.78 is 32.4. The first kappa shape index (κ1) is 57.8. The number of carbonyl (C=O) groups excluding carboxylic acids is 2. The number of hydrogen-bond acceptors (Lipinski definition) is 11. The van der Waals surface area contributed by atoms with Crippen molar-refractivity contribution in [3.8, 4) is 0 Å². The number of ether oxygens (including phenoxy) is 2. The minimum atomic E-state index is -4.81. The van der Waals surface area contributed by atoms with Gasteiger partial charge in [0, 0.05) is 12.8 Å². The van der Waals surface area contributed by atoms with E-state index in [0.29, 0.717) is 19.3 Å². The molecule has 0 aromatic carbocycles. The summed E-state index contributed by atoms with van der Waals surface area (Å²) in [5, 5.41) is 29.2. The van der Waals surface area contributed by atoms with Gasteiger partial charge in [-0.05, 0) is 77.0 Å². The standard InChI is InChI=1S/C48H74NO12P/c1-3-5-7-9-11-12-13-14-15-16-17-18-19-20-21-22-23-25-31-37-46(52)58-39-44(40-59-62(56,57)60-41-45(49)48(54)55)61-47(53)38-32-36-43(51)35-30-27-26-29-34-42(50)33-28-24-10-8-6-4-2/h5,7,11-12,14-15,17-18,20-21,23-30,34-35,42-45,50-51H,3-4,6,8-10,13,16,19,22,31-33,36-41,49H2,1-2H3,(H,54,55)(H,56,57)/b7-5-,12-11-,15-14-,18-17-,21-20-,25-23-,27-26+,28-24-,34-29+,35-30-/t42-,43-,44+,45-/m0/s1. The highest BCUT2D eigenvalue weighted by Gasteiger charge is 2.28. The minimum absolute atomic E-state index is 0.0358. The SMILES string of the molecule is CC/C=C\C/C=C\C/C=C\C/C=C\C/C=C\C/C=C\CCC(=O)OC[C@H](COP(=O)(O)OC[C@H](N)C(=O)O)OC(=O)CCC[C@@H](O)\C=C/C=C/C=C/[C@@H](O)C/C=C\CCCCC. The molecule has 0 aromatic rings. The molecule has 0 aliphatic heterocycles. The molecule has 0 saturated carbocycles. The van der Waals surface area contributed by atoms with E-state index in [9.17, 15) is 34.1 Å². The van der Waals surface area contributed by atoms with E-state index in [1.165, 1.54) is 12.8 Å². The molecule has 62 heavy (non-hydrogen) atoms. The third-order valence-corrected chi connectivity index (χ3v) is 9.35. The number of phosphoric acid groups is 1. The van der Waals surface area contributed by atoms with Crippen molar-refractivity contribution in [2.75, 3.05) is 19.8 Å². The number of carboxylic acid groups (broad SMARTS) is 1. The number of phosphoric ester groups is 1. The molecule has 0 rings (SSSR count). The second-order valence-electron chi connectivity index (χ2n) is 14.1. The molecule has 0 amide bonds. The van der Waals surface area contributed by atoms with Gasteiger partial charge >= 0.3 is 25.7 Å². The van der Waals surface area contributed by atoms with Crippen LogP contribution in [0.15, 0.2) is 122 Å². The van der Waals surface area contributed by atoms with Gasteiger partial charge in [-0.1, -0.05) is 148 Å². The van der Waals surface area contributed by atoms with Crippen molar-refractivity contribution in [2.24, 2.45) is 5.73 Å². The van der Waals surface area contributed by atoms with E-state index in [1.807, 2.05) is 24.3 Å². The van der Waals surface area contributed by atoms with Gasteiger partial charge in [0.05, 0.1) is 25.4 Å². The Labute approximate surface area is 370 Å². The zero-order chi connectivity index (χ0) is 45.9. The molecular formula is C48H74NO12P. The van der Waals surface area contributed by atoms with Crippen LogP contribution in [0, 0.1) is 0 Å². The predicted molar refractivity (Wildman–Crippen MR) is 247 cm³/mol. The van der Waals surface area contributed by atoms with Crippen LogP contribution in [0.2, 0.25) is 0 Å². The monoisotopic (exact) mass is 887 g/mol. The summed E-state index contributed by atoms with van der Waals surface area (Å²) >= 11 is 0. The Morgan fingerprint density at radius 3 is 1.71 bits per heavy atom. The lowest BCUT2D eigenvalue weighted by Gasteiger charge is -2.20. The van der Waals surface area contributed by atoms with Crippen molar-refractivity contribution >= 4 is 25.7 Å². The number of carbonyl (C=O) groups is 3. The molecule has 0 aliphatic rings. The van der Waals surface area contributed by atoms with Crippen molar-refractivity contribution in [1.82, 2.24) is 0 Å². The van der Waals surface area contributed by atoms with Crippen molar-refractivity contribution < 1.29 is 57.7 Å². The summed E-state index contributed by atoms with van der Waals surface area (Å²) in [5.74, 6) is -2.78. The maximum absolute atomic E-state index is 12.6. The number of carboxylic acids is 1. The largest absolute Gasteiger partial charge is 0.480 e. The van der Waals surface area contributed by atoms with Crippen LogP contribution in [0.1, 0.15) is 117 Å². The highest BCUT2D eigenvalue weighted by Crippen LogP contribution is 2.43. The Hall–Kier alpha value is -4.20. The Balaban J connectivity index is 4.76. The van der Waals surface area contributed by atoms with Gasteiger partial charge in [0.15, 0.2) is 6.10 Å². The molecule has 1 unspecified atom stereocenters. The van der Waals surface area contributed by atoms with E-state index in [0.717, 1.165) is 44.9 Å². The quantitative estimate of drug-likeness (QED) is 0.0129. The van der Waals surface area contributed by atoms with Gasteiger partial charge in [0.1, 0.15) is 12.6 Å². The van der Waals surface area contributed by atoms with Gasteiger partial charge in [-0.15, -0.1) is 0 Å². The first-order valence-corrected chi connectivity index (χ1v) is 23.3. The highest BCUT2D eigenvalue weighted by atomic mass is 31.2. The third-order valence-electron chi connectivity index (χ3n) is 8.40. The molecule has 348 valence electrons. The normalized spacial score (nSPS) is 15.8. The molecule has 0 saturated heterocycles. The van der Waals surface area contributed by atoms with Crippen LogP contribution in [-0.4, -0.2) is 82.3 Å². The molecule has 13 nitrogen and oxygen atoms in total. The molecule has 0 fully saturated rings. The number of allylic oxidation sites excluding steroid dienone is 17. The van der Waals surface area contributed by atoms with Crippen LogP contribution >= 0.6 is 7.82 Å². The second-order valence-corrected chi connectivity index (χ2v) is 15.6. The Morgan fingerprint density at radius 1 is 0.613 bits per heavy atom. The minimum Gasteiger partial charge on any atom is -0.480 e. The van der Waals surface area contributed by atoms with Gasteiger partial charge in [0.2, 0.25) is 0 Å². The Bertz CT molecular complexity index is 1540. The summed E-state index contributed by atoms with van der Waals surface area (Å²) in [4.78, 5) is 46.0. The van der Waals surface area contributed by atoms with Crippen molar-refractivity contribution in [1.29, 1.82) is 0 Å². The second kappa shape index (κ2) is 40.8. The predicted octanol–water partition coefficient (Wildman–Crippen LogP) is 9.55. The van der Waals surface area contributed by atoms with Gasteiger partial charge in [-0.25, -0.2) is 4.57 Å². The van der Waals surface area contributed by atoms with Crippen LogP contribution in [0.5, 0.6) is 0 Å². The molecule has 14 heteroatoms. The maximum atomic E-state index is 12.6. The zero-order valence-corrected chi connectivity index (χ0v) is 37.8. The summed E-state index contributed by atoms with van der Waals surface area (Å²) in [7, 11) is -4.81. The van der Waals surface area contributed by atoms with E-state index < -0.39 is 69.9 Å². The smallest absolute Gasteiger partial charge is 0.472 e.